The van der Waals surface area contributed by atoms with Crippen molar-refractivity contribution in [2.75, 3.05) is 0 Å². The first-order valence-corrected chi connectivity index (χ1v) is 5.15. The monoisotopic (exact) mass is 225 g/mol. The Labute approximate surface area is 102 Å². The van der Waals surface area contributed by atoms with Gasteiger partial charge in [0.05, 0.1) is 0 Å². The summed E-state index contributed by atoms with van der Waals surface area (Å²) in [7, 11) is 1.89. The minimum absolute atomic E-state index is 0.100. The Kier molecular flexibility index (Phi) is 4.89. The summed E-state index contributed by atoms with van der Waals surface area (Å²) in [4.78, 5) is 0. The Morgan fingerprint density at radius 2 is 1.71 bits per heavy atom. The molecule has 2 N–H and O–H groups in total. The second kappa shape index (κ2) is 6.43. The summed E-state index contributed by atoms with van der Waals surface area (Å²) in [5.41, 5.74) is 1.80. The molecule has 0 heterocycles. The lowest BCUT2D eigenvalue weighted by Crippen LogP contribution is -2.14. The van der Waals surface area contributed by atoms with Crippen molar-refractivity contribution in [1.29, 1.82) is 0 Å². The first kappa shape index (κ1) is 12.9. The van der Waals surface area contributed by atoms with E-state index in [1.807, 2.05) is 7.28 Å². The van der Waals surface area contributed by atoms with Crippen LogP contribution in [-0.2, 0) is 0 Å². The van der Waals surface area contributed by atoms with Crippen LogP contribution in [0.4, 0.5) is 0 Å². The first-order valence-electron chi connectivity index (χ1n) is 5.15. The lowest BCUT2D eigenvalue weighted by molar-refractivity contribution is 0.433. The zero-order valence-corrected chi connectivity index (χ0v) is 9.50. The van der Waals surface area contributed by atoms with Crippen molar-refractivity contribution in [1.82, 2.24) is 0 Å². The molecule has 0 atom stereocenters. The van der Waals surface area contributed by atoms with E-state index in [0.29, 0.717) is 0 Å². The van der Waals surface area contributed by atoms with Gasteiger partial charge in [-0.15, -0.1) is 0 Å². The Hall–Kier alpha value is -2.16. The Morgan fingerprint density at radius 3 is 2.24 bits per heavy atom. The molecule has 1 radical (unpaired) electrons. The molecule has 0 aliphatic carbocycles. The van der Waals surface area contributed by atoms with Crippen molar-refractivity contribution >= 4 is 12.7 Å². The van der Waals surface area contributed by atoms with Crippen LogP contribution in [0.2, 0.25) is 0 Å². The van der Waals surface area contributed by atoms with Gasteiger partial charge >= 0.3 is 0 Å². The normalized spacial score (nSPS) is 12.0. The van der Waals surface area contributed by atoms with Crippen LogP contribution in [0.3, 0.4) is 0 Å². The van der Waals surface area contributed by atoms with E-state index in [-0.39, 0.29) is 11.5 Å². The molecule has 0 aliphatic rings. The van der Waals surface area contributed by atoms with Crippen LogP contribution in [0.5, 0.6) is 5.75 Å². The number of hydrogen-bond acceptors (Lipinski definition) is 2. The summed E-state index contributed by atoms with van der Waals surface area (Å²) in [5, 5.41) is 18.4. The maximum absolute atomic E-state index is 9.22. The average Bonchev–Trinajstić information content (AvgIpc) is 2.36. The van der Waals surface area contributed by atoms with Gasteiger partial charge in [-0.1, -0.05) is 48.4 Å². The molecule has 0 aromatic heterocycles. The van der Waals surface area contributed by atoms with E-state index in [9.17, 15) is 5.11 Å². The Balaban J connectivity index is 2.80. The van der Waals surface area contributed by atoms with Crippen molar-refractivity contribution in [3.63, 3.8) is 0 Å². The van der Waals surface area contributed by atoms with E-state index in [4.69, 9.17) is 5.11 Å². The molecule has 85 valence electrons. The third-order valence-electron chi connectivity index (χ3n) is 2.12. The molecule has 0 fully saturated rings. The first-order chi connectivity index (χ1) is 8.15. The summed E-state index contributed by atoms with van der Waals surface area (Å²) in [6, 6.07) is 6.82. The molecule has 1 aromatic rings. The number of aliphatic hydroxyl groups is 1. The highest BCUT2D eigenvalue weighted by molar-refractivity contribution is 6.61. The SMILES string of the molecule is C=C/C([B]c1ccc(O)cc1)=C\C=C(\O)C=C. The van der Waals surface area contributed by atoms with E-state index in [1.54, 1.807) is 42.5 Å². The van der Waals surface area contributed by atoms with E-state index >= 15 is 0 Å². The van der Waals surface area contributed by atoms with Crippen molar-refractivity contribution < 1.29 is 10.2 Å². The van der Waals surface area contributed by atoms with Crippen LogP contribution in [0.25, 0.3) is 0 Å². The van der Waals surface area contributed by atoms with Crippen molar-refractivity contribution in [2.24, 2.45) is 0 Å². The summed E-state index contributed by atoms with van der Waals surface area (Å²) < 4.78 is 0. The minimum atomic E-state index is 0.100. The molecule has 0 bridgehead atoms. The summed E-state index contributed by atoms with van der Waals surface area (Å²) in [6.45, 7) is 7.14. The molecule has 0 spiro atoms. The molecular formula is C14H14BO2. The van der Waals surface area contributed by atoms with Gasteiger partial charge in [0.15, 0.2) is 7.28 Å². The van der Waals surface area contributed by atoms with Crippen LogP contribution < -0.4 is 5.46 Å². The topological polar surface area (TPSA) is 40.5 Å². The number of rotatable bonds is 5. The van der Waals surface area contributed by atoms with Gasteiger partial charge < -0.3 is 10.2 Å². The highest BCUT2D eigenvalue weighted by Gasteiger charge is 1.98. The lowest BCUT2D eigenvalue weighted by atomic mass is 9.63. The van der Waals surface area contributed by atoms with Gasteiger partial charge in [0.2, 0.25) is 0 Å². The highest BCUT2D eigenvalue weighted by Crippen LogP contribution is 2.04. The maximum Gasteiger partial charge on any atom is 0.191 e. The van der Waals surface area contributed by atoms with Gasteiger partial charge in [0.1, 0.15) is 11.5 Å². The molecule has 0 saturated carbocycles. The van der Waals surface area contributed by atoms with Crippen molar-refractivity contribution in [2.45, 2.75) is 0 Å². The molecule has 17 heavy (non-hydrogen) atoms. The Bertz CT molecular complexity index is 456. The number of phenols is 1. The zero-order valence-electron chi connectivity index (χ0n) is 9.50. The van der Waals surface area contributed by atoms with Crippen molar-refractivity contribution in [3.05, 3.63) is 73.0 Å². The number of hydrogen-bond donors (Lipinski definition) is 2. The van der Waals surface area contributed by atoms with Crippen LogP contribution >= 0.6 is 0 Å². The van der Waals surface area contributed by atoms with Crippen LogP contribution in [-0.4, -0.2) is 17.5 Å². The number of phenolic OH excluding ortho intramolecular Hbond substituents is 1. The van der Waals surface area contributed by atoms with E-state index in [2.05, 4.69) is 13.2 Å². The summed E-state index contributed by atoms with van der Waals surface area (Å²) >= 11 is 0. The van der Waals surface area contributed by atoms with Gasteiger partial charge in [-0.25, -0.2) is 0 Å². The standard InChI is InChI=1S/C14H14BO2/c1-3-11(5-8-13(16)4-2)15-12-6-9-14(17)10-7-12/h3-10,16-17H,1-2H2/b11-5+,13-8+. The van der Waals surface area contributed by atoms with Crippen LogP contribution in [0.15, 0.2) is 73.0 Å². The number of benzene rings is 1. The maximum atomic E-state index is 9.22. The fraction of sp³-hybridized carbons (Fsp3) is 0. The zero-order chi connectivity index (χ0) is 12.7. The van der Waals surface area contributed by atoms with Crippen LogP contribution in [0.1, 0.15) is 0 Å². The highest BCUT2D eigenvalue weighted by atomic mass is 16.3. The molecular weight excluding hydrogens is 211 g/mol. The number of allylic oxidation sites excluding steroid dienone is 5. The quantitative estimate of drug-likeness (QED) is 0.459. The molecule has 0 amide bonds. The molecule has 1 rings (SSSR count). The van der Waals surface area contributed by atoms with E-state index < -0.39 is 0 Å². The lowest BCUT2D eigenvalue weighted by Gasteiger charge is -2.00. The van der Waals surface area contributed by atoms with E-state index in [0.717, 1.165) is 10.9 Å². The molecule has 0 unspecified atom stereocenters. The molecule has 0 aliphatic heterocycles. The van der Waals surface area contributed by atoms with Gasteiger partial charge in [-0.3, -0.25) is 0 Å². The van der Waals surface area contributed by atoms with Gasteiger partial charge in [0, 0.05) is 0 Å². The summed E-state index contributed by atoms with van der Waals surface area (Å²) in [6.07, 6.45) is 6.31. The molecule has 3 heteroatoms. The second-order valence-electron chi connectivity index (χ2n) is 3.40. The van der Waals surface area contributed by atoms with Crippen LogP contribution in [0, 0.1) is 0 Å². The molecule has 2 nitrogen and oxygen atoms in total. The summed E-state index contributed by atoms with van der Waals surface area (Å²) in [5.74, 6) is 0.332. The smallest absolute Gasteiger partial charge is 0.191 e. The van der Waals surface area contributed by atoms with Gasteiger partial charge in [0.25, 0.3) is 0 Å². The molecule has 1 aromatic carbocycles. The average molecular weight is 225 g/mol. The largest absolute Gasteiger partial charge is 0.508 e. The predicted octanol–water partition coefficient (Wildman–Crippen LogP) is 2.42. The molecule has 0 saturated heterocycles. The van der Waals surface area contributed by atoms with Gasteiger partial charge in [-0.2, -0.15) is 0 Å². The Morgan fingerprint density at radius 1 is 1.06 bits per heavy atom. The van der Waals surface area contributed by atoms with E-state index in [1.165, 1.54) is 6.08 Å². The fourth-order valence-electron chi connectivity index (χ4n) is 1.19. The van der Waals surface area contributed by atoms with Crippen molar-refractivity contribution in [3.8, 4) is 5.75 Å². The minimum Gasteiger partial charge on any atom is -0.508 e. The predicted molar refractivity (Wildman–Crippen MR) is 72.7 cm³/mol. The number of aliphatic hydroxyl groups excluding tert-OH is 1. The fourth-order valence-corrected chi connectivity index (χ4v) is 1.19. The van der Waals surface area contributed by atoms with Gasteiger partial charge in [-0.05, 0) is 24.3 Å². The third-order valence-corrected chi connectivity index (χ3v) is 2.12. The second-order valence-corrected chi connectivity index (χ2v) is 3.40. The third kappa shape index (κ3) is 4.47. The number of aromatic hydroxyl groups is 1.